The molecule has 1 atom stereocenters. The number of hydrogen-bond donors (Lipinski definition) is 2. The van der Waals surface area contributed by atoms with Crippen molar-refractivity contribution in [2.45, 2.75) is 45.0 Å². The van der Waals surface area contributed by atoms with Gasteiger partial charge >= 0.3 is 6.09 Å². The van der Waals surface area contributed by atoms with Crippen LogP contribution in [-0.2, 0) is 9.16 Å². The van der Waals surface area contributed by atoms with Gasteiger partial charge in [-0.15, -0.1) is 0 Å². The molecule has 2 N–H and O–H groups in total. The van der Waals surface area contributed by atoms with Gasteiger partial charge in [-0.2, -0.15) is 5.26 Å². The van der Waals surface area contributed by atoms with Gasteiger partial charge < -0.3 is 19.2 Å². The number of ether oxygens (including phenoxy) is 1. The number of carbonyl (C=O) groups is 1. The van der Waals surface area contributed by atoms with Gasteiger partial charge in [-0.1, -0.05) is 32.4 Å². The van der Waals surface area contributed by atoms with Crippen molar-refractivity contribution in [3.8, 4) is 6.07 Å². The first-order chi connectivity index (χ1) is 12.9. The molecule has 1 aliphatic heterocycles. The first-order valence-corrected chi connectivity index (χ1v) is 12.5. The zero-order chi connectivity index (χ0) is 21.1. The highest BCUT2D eigenvalue weighted by Gasteiger charge is 2.38. The number of nitriles is 1. The third kappa shape index (κ3) is 5.38. The molecule has 2 rings (SSSR count). The lowest BCUT2D eigenvalue weighted by atomic mass is 10.1. The second-order valence-corrected chi connectivity index (χ2v) is 13.6. The zero-order valence-corrected chi connectivity index (χ0v) is 18.8. The number of rotatable bonds is 5. The summed E-state index contributed by atoms with van der Waals surface area (Å²) in [7, 11) is -1.89. The van der Waals surface area contributed by atoms with Crippen LogP contribution in [0.3, 0.4) is 0 Å². The molecular weight excluding hydrogens is 398 g/mol. The Bertz CT molecular complexity index is 774. The summed E-state index contributed by atoms with van der Waals surface area (Å²) in [5.41, 5.74) is 1.15. The number of carboxylic acid groups (broad SMARTS) is 1. The lowest BCUT2D eigenvalue weighted by molar-refractivity contribution is 0.00688. The number of amides is 1. The molecular formula is C19H28ClN3O4Si. The van der Waals surface area contributed by atoms with E-state index >= 15 is 0 Å². The van der Waals surface area contributed by atoms with Crippen LogP contribution < -0.4 is 10.2 Å². The van der Waals surface area contributed by atoms with E-state index in [0.717, 1.165) is 0 Å². The summed E-state index contributed by atoms with van der Waals surface area (Å²) < 4.78 is 12.1. The third-order valence-corrected chi connectivity index (χ3v) is 10.2. The second kappa shape index (κ2) is 8.70. The quantitative estimate of drug-likeness (QED) is 0.673. The molecule has 0 saturated carbocycles. The Morgan fingerprint density at radius 2 is 2.18 bits per heavy atom. The molecule has 28 heavy (non-hydrogen) atoms. The molecule has 0 aromatic heterocycles. The van der Waals surface area contributed by atoms with Crippen LogP contribution in [0.5, 0.6) is 0 Å². The lowest BCUT2D eigenvalue weighted by Gasteiger charge is -2.40. The van der Waals surface area contributed by atoms with E-state index in [4.69, 9.17) is 25.9 Å². The smallest absolute Gasteiger partial charge is 0.409 e. The summed E-state index contributed by atoms with van der Waals surface area (Å²) in [4.78, 5) is 13.0. The zero-order valence-electron chi connectivity index (χ0n) is 17.0. The molecule has 1 fully saturated rings. The van der Waals surface area contributed by atoms with Gasteiger partial charge in [0.15, 0.2) is 8.32 Å². The molecule has 0 radical (unpaired) electrons. The highest BCUT2D eigenvalue weighted by molar-refractivity contribution is 6.74. The van der Waals surface area contributed by atoms with Gasteiger partial charge in [-0.25, -0.2) is 4.79 Å². The van der Waals surface area contributed by atoms with E-state index in [-0.39, 0.29) is 21.9 Å². The average molecular weight is 426 g/mol. The van der Waals surface area contributed by atoms with Crippen molar-refractivity contribution < 1.29 is 19.1 Å². The van der Waals surface area contributed by atoms with Gasteiger partial charge in [0.05, 0.1) is 47.3 Å². The van der Waals surface area contributed by atoms with E-state index in [1.54, 1.807) is 6.07 Å². The van der Waals surface area contributed by atoms with Crippen LogP contribution in [0.1, 0.15) is 26.3 Å². The van der Waals surface area contributed by atoms with Crippen molar-refractivity contribution in [2.24, 2.45) is 0 Å². The van der Waals surface area contributed by atoms with Crippen LogP contribution in [0.15, 0.2) is 12.1 Å². The molecule has 7 nitrogen and oxygen atoms in total. The Morgan fingerprint density at radius 3 is 2.75 bits per heavy atom. The Kier molecular flexibility index (Phi) is 6.99. The first kappa shape index (κ1) is 22.5. The largest absolute Gasteiger partial charge is 0.465 e. The maximum Gasteiger partial charge on any atom is 0.409 e. The van der Waals surface area contributed by atoms with Crippen molar-refractivity contribution in [2.75, 3.05) is 36.5 Å². The summed E-state index contributed by atoms with van der Waals surface area (Å²) in [5.74, 6) is 0. The van der Waals surface area contributed by atoms with E-state index in [2.05, 4.69) is 45.3 Å². The third-order valence-electron chi connectivity index (χ3n) is 5.34. The normalized spacial score (nSPS) is 17.9. The molecule has 1 aliphatic rings. The number of nitrogens with zero attached hydrogens (tertiary/aromatic N) is 2. The van der Waals surface area contributed by atoms with E-state index in [1.165, 1.54) is 6.07 Å². The van der Waals surface area contributed by atoms with Crippen molar-refractivity contribution in [1.29, 1.82) is 5.26 Å². The van der Waals surface area contributed by atoms with Gasteiger partial charge in [-0.3, -0.25) is 5.32 Å². The van der Waals surface area contributed by atoms with E-state index < -0.39 is 14.4 Å². The van der Waals surface area contributed by atoms with E-state index in [1.807, 2.05) is 4.90 Å². The molecule has 1 heterocycles. The first-order valence-electron chi connectivity index (χ1n) is 9.18. The molecule has 154 valence electrons. The number of benzene rings is 1. The monoisotopic (exact) mass is 425 g/mol. The Balaban J connectivity index is 2.18. The molecule has 1 unspecified atom stereocenters. The number of hydrogen-bond acceptors (Lipinski definition) is 5. The number of nitrogens with one attached hydrogen (secondary N) is 1. The van der Waals surface area contributed by atoms with Crippen LogP contribution in [0.25, 0.3) is 0 Å². The van der Waals surface area contributed by atoms with Crippen molar-refractivity contribution >= 4 is 37.4 Å². The average Bonchev–Trinajstić information content (AvgIpc) is 2.60. The minimum Gasteiger partial charge on any atom is -0.465 e. The van der Waals surface area contributed by atoms with E-state index in [9.17, 15) is 10.1 Å². The molecule has 0 spiro atoms. The fraction of sp³-hybridized carbons (Fsp3) is 0.579. The molecule has 1 aromatic carbocycles. The standard InChI is InChI=1S/C19H28ClN3O4Si/c1-19(2,3)28(4,5)27-12-14-11-23(6-7-26-14)16-9-13(10-21)8-15(17(16)20)22-18(24)25/h8-9,14,22H,6-7,11-12H2,1-5H3,(H,24,25). The molecule has 9 heteroatoms. The van der Waals surface area contributed by atoms with Gasteiger partial charge in [-0.05, 0) is 30.3 Å². The Labute approximate surface area is 172 Å². The van der Waals surface area contributed by atoms with Crippen LogP contribution in [-0.4, -0.2) is 51.9 Å². The summed E-state index contributed by atoms with van der Waals surface area (Å²) in [6.07, 6.45) is -1.36. The summed E-state index contributed by atoms with van der Waals surface area (Å²) in [6, 6.07) is 5.15. The number of morpholine rings is 1. The minimum absolute atomic E-state index is 0.114. The van der Waals surface area contributed by atoms with Crippen LogP contribution in [0.4, 0.5) is 16.2 Å². The topological polar surface area (TPSA) is 94.8 Å². The summed E-state index contributed by atoms with van der Waals surface area (Å²) in [6.45, 7) is 13.1. The van der Waals surface area contributed by atoms with Gasteiger partial charge in [0.1, 0.15) is 0 Å². The maximum atomic E-state index is 11.0. The Hall–Kier alpha value is -1.79. The van der Waals surface area contributed by atoms with Crippen LogP contribution in [0, 0.1) is 11.3 Å². The predicted octanol–water partition coefficient (Wildman–Crippen LogP) is 4.53. The van der Waals surface area contributed by atoms with Gasteiger partial charge in [0, 0.05) is 13.1 Å². The molecule has 1 saturated heterocycles. The van der Waals surface area contributed by atoms with Gasteiger partial charge in [0.2, 0.25) is 0 Å². The highest BCUT2D eigenvalue weighted by atomic mass is 35.5. The highest BCUT2D eigenvalue weighted by Crippen LogP contribution is 2.38. The van der Waals surface area contributed by atoms with Crippen molar-refractivity contribution in [3.63, 3.8) is 0 Å². The van der Waals surface area contributed by atoms with Gasteiger partial charge in [0.25, 0.3) is 0 Å². The van der Waals surface area contributed by atoms with Crippen molar-refractivity contribution in [1.82, 2.24) is 0 Å². The molecule has 0 bridgehead atoms. The minimum atomic E-state index is -1.89. The lowest BCUT2D eigenvalue weighted by Crippen LogP contribution is -2.48. The summed E-state index contributed by atoms with van der Waals surface area (Å²) in [5, 5.41) is 20.9. The number of anilines is 2. The van der Waals surface area contributed by atoms with Crippen LogP contribution in [0.2, 0.25) is 23.2 Å². The fourth-order valence-corrected chi connectivity index (χ4v) is 3.98. The number of halogens is 1. The van der Waals surface area contributed by atoms with Crippen LogP contribution >= 0.6 is 11.6 Å². The SMILES string of the molecule is CC(C)(C)[Si](C)(C)OCC1CN(c2cc(C#N)cc(NC(=O)O)c2Cl)CCO1. The predicted molar refractivity (Wildman–Crippen MR) is 113 cm³/mol. The fourth-order valence-electron chi connectivity index (χ4n) is 2.67. The summed E-state index contributed by atoms with van der Waals surface area (Å²) >= 11 is 6.43. The second-order valence-electron chi connectivity index (χ2n) is 8.41. The Morgan fingerprint density at radius 1 is 1.50 bits per heavy atom. The van der Waals surface area contributed by atoms with Crippen molar-refractivity contribution in [3.05, 3.63) is 22.7 Å². The molecule has 1 aromatic rings. The molecule has 1 amide bonds. The van der Waals surface area contributed by atoms with E-state index in [0.29, 0.717) is 37.6 Å². The maximum absolute atomic E-state index is 11.0. The molecule has 0 aliphatic carbocycles.